The number of halogens is 3. The van der Waals surface area contributed by atoms with Gasteiger partial charge in [-0.15, -0.1) is 24.8 Å². The second-order valence-corrected chi connectivity index (χ2v) is 7.20. The van der Waals surface area contributed by atoms with E-state index in [0.29, 0.717) is 6.61 Å². The second-order valence-electron chi connectivity index (χ2n) is 6.77. The Bertz CT molecular complexity index is 734. The van der Waals surface area contributed by atoms with Crippen LogP contribution in [0.2, 0.25) is 5.02 Å². The van der Waals surface area contributed by atoms with Gasteiger partial charge in [0.15, 0.2) is 0 Å². The van der Waals surface area contributed by atoms with Gasteiger partial charge >= 0.3 is 5.97 Å². The molecule has 1 fully saturated rings. The van der Waals surface area contributed by atoms with Crippen molar-refractivity contribution >= 4 is 42.4 Å². The molecule has 0 aliphatic carbocycles. The minimum atomic E-state index is -0.915. The Kier molecular flexibility index (Phi) is 11.6. The molecule has 0 amide bonds. The van der Waals surface area contributed by atoms with E-state index in [2.05, 4.69) is 34.1 Å². The molecule has 3 rings (SSSR count). The number of piperazine rings is 1. The van der Waals surface area contributed by atoms with Crippen LogP contribution in [0.3, 0.4) is 0 Å². The second kappa shape index (κ2) is 13.1. The highest BCUT2D eigenvalue weighted by Gasteiger charge is 2.16. The van der Waals surface area contributed by atoms with E-state index in [-0.39, 0.29) is 31.4 Å². The molecule has 1 N–H and O–H groups in total. The summed E-state index contributed by atoms with van der Waals surface area (Å²) in [6, 6.07) is 16.6. The van der Waals surface area contributed by atoms with E-state index in [0.717, 1.165) is 44.3 Å². The van der Waals surface area contributed by atoms with Gasteiger partial charge in [0.2, 0.25) is 0 Å². The maximum atomic E-state index is 10.4. The van der Waals surface area contributed by atoms with Crippen LogP contribution >= 0.6 is 36.4 Å². The standard InChI is InChI=1S/C21H25ClN2O3.2ClH/c22-20-7-5-19(6-8-20)18-3-1-17(2-4-18)15-24-11-9-23(10-12-24)13-14-27-16-21(25)26;;/h1-8H,9-16H2,(H,25,26);2*1H. The van der Waals surface area contributed by atoms with Crippen LogP contribution < -0.4 is 0 Å². The number of rotatable bonds is 8. The fourth-order valence-electron chi connectivity index (χ4n) is 3.23. The molecule has 8 heteroatoms. The summed E-state index contributed by atoms with van der Waals surface area (Å²) in [6.07, 6.45) is 0. The van der Waals surface area contributed by atoms with E-state index in [1.807, 2.05) is 24.3 Å². The molecule has 0 saturated carbocycles. The lowest BCUT2D eigenvalue weighted by Crippen LogP contribution is -2.46. The first kappa shape index (κ1) is 25.7. The number of carboxylic acids is 1. The summed E-state index contributed by atoms with van der Waals surface area (Å²) in [7, 11) is 0. The zero-order chi connectivity index (χ0) is 19.1. The van der Waals surface area contributed by atoms with Gasteiger partial charge in [0.05, 0.1) is 6.61 Å². The summed E-state index contributed by atoms with van der Waals surface area (Å²) in [5.74, 6) is -0.915. The van der Waals surface area contributed by atoms with Gasteiger partial charge in [0, 0.05) is 44.3 Å². The zero-order valence-corrected chi connectivity index (χ0v) is 18.5. The number of hydrogen-bond donors (Lipinski definition) is 1. The summed E-state index contributed by atoms with van der Waals surface area (Å²) in [4.78, 5) is 15.2. The lowest BCUT2D eigenvalue weighted by atomic mass is 10.0. The highest BCUT2D eigenvalue weighted by molar-refractivity contribution is 6.30. The minimum absolute atomic E-state index is 0. The molecule has 0 spiro atoms. The third kappa shape index (κ3) is 8.51. The number of aliphatic carboxylic acids is 1. The lowest BCUT2D eigenvalue weighted by molar-refractivity contribution is -0.142. The number of benzene rings is 2. The molecule has 2 aromatic carbocycles. The van der Waals surface area contributed by atoms with Crippen LogP contribution in [0.5, 0.6) is 0 Å². The molecule has 160 valence electrons. The molecule has 2 aromatic rings. The molecule has 1 aliphatic rings. The van der Waals surface area contributed by atoms with Gasteiger partial charge in [-0.1, -0.05) is 48.0 Å². The number of carbonyl (C=O) groups is 1. The largest absolute Gasteiger partial charge is 0.480 e. The van der Waals surface area contributed by atoms with Crippen LogP contribution in [0, 0.1) is 0 Å². The van der Waals surface area contributed by atoms with E-state index < -0.39 is 5.97 Å². The number of hydrogen-bond acceptors (Lipinski definition) is 4. The normalized spacial score (nSPS) is 14.7. The van der Waals surface area contributed by atoms with Crippen molar-refractivity contribution in [2.24, 2.45) is 0 Å². The molecule has 5 nitrogen and oxygen atoms in total. The molecule has 29 heavy (non-hydrogen) atoms. The Morgan fingerprint density at radius 3 is 1.97 bits per heavy atom. The van der Waals surface area contributed by atoms with Crippen LogP contribution in [0.1, 0.15) is 5.56 Å². The molecular formula is C21H27Cl3N2O3. The first-order valence-electron chi connectivity index (χ1n) is 9.19. The molecule has 1 heterocycles. The summed E-state index contributed by atoms with van der Waals surface area (Å²) >= 11 is 5.95. The Morgan fingerprint density at radius 2 is 1.41 bits per heavy atom. The predicted octanol–water partition coefficient (Wildman–Crippen LogP) is 4.07. The molecule has 1 saturated heterocycles. The van der Waals surface area contributed by atoms with Crippen molar-refractivity contribution in [3.05, 3.63) is 59.1 Å². The van der Waals surface area contributed by atoms with Gasteiger partial charge in [0.1, 0.15) is 6.61 Å². The molecule has 1 aliphatic heterocycles. The smallest absolute Gasteiger partial charge is 0.329 e. The highest BCUT2D eigenvalue weighted by atomic mass is 35.5. The third-order valence-electron chi connectivity index (χ3n) is 4.78. The predicted molar refractivity (Wildman–Crippen MR) is 122 cm³/mol. The quantitative estimate of drug-likeness (QED) is 0.601. The molecule has 0 aromatic heterocycles. The first-order chi connectivity index (χ1) is 13.1. The van der Waals surface area contributed by atoms with Crippen LogP contribution in [0.25, 0.3) is 11.1 Å². The Balaban J connectivity index is 0.00000210. The van der Waals surface area contributed by atoms with E-state index >= 15 is 0 Å². The van der Waals surface area contributed by atoms with Gasteiger partial charge in [-0.05, 0) is 28.8 Å². The van der Waals surface area contributed by atoms with E-state index in [1.165, 1.54) is 16.7 Å². The lowest BCUT2D eigenvalue weighted by Gasteiger charge is -2.34. The van der Waals surface area contributed by atoms with Crippen LogP contribution in [0.4, 0.5) is 0 Å². The average molecular weight is 462 g/mol. The van der Waals surface area contributed by atoms with Gasteiger partial charge in [-0.3, -0.25) is 9.80 Å². The van der Waals surface area contributed by atoms with Crippen LogP contribution in [-0.2, 0) is 16.1 Å². The van der Waals surface area contributed by atoms with Crippen molar-refractivity contribution in [1.29, 1.82) is 0 Å². The molecular weight excluding hydrogens is 435 g/mol. The summed E-state index contributed by atoms with van der Waals surface area (Å²) < 4.78 is 5.11. The topological polar surface area (TPSA) is 53.0 Å². The summed E-state index contributed by atoms with van der Waals surface area (Å²) in [6.45, 7) is 5.99. The number of ether oxygens (including phenoxy) is 1. The van der Waals surface area contributed by atoms with Crippen LogP contribution in [-0.4, -0.2) is 66.8 Å². The minimum Gasteiger partial charge on any atom is -0.480 e. The fraction of sp³-hybridized carbons (Fsp3) is 0.381. The van der Waals surface area contributed by atoms with Gasteiger partial charge in [-0.2, -0.15) is 0 Å². The monoisotopic (exact) mass is 460 g/mol. The zero-order valence-electron chi connectivity index (χ0n) is 16.1. The maximum Gasteiger partial charge on any atom is 0.329 e. The summed E-state index contributed by atoms with van der Waals surface area (Å²) in [5.41, 5.74) is 3.68. The first-order valence-corrected chi connectivity index (χ1v) is 9.57. The van der Waals surface area contributed by atoms with Gasteiger partial charge in [-0.25, -0.2) is 4.79 Å². The van der Waals surface area contributed by atoms with Crippen molar-refractivity contribution in [2.75, 3.05) is 45.9 Å². The van der Waals surface area contributed by atoms with Crippen molar-refractivity contribution in [2.45, 2.75) is 6.54 Å². The molecule has 0 bridgehead atoms. The SMILES string of the molecule is Cl.Cl.O=C(O)COCCN1CCN(Cc2ccc(-c3ccc(Cl)cc3)cc2)CC1. The molecule has 0 radical (unpaired) electrons. The van der Waals surface area contributed by atoms with Crippen molar-refractivity contribution in [3.63, 3.8) is 0 Å². The Hall–Kier alpha value is -1.34. The van der Waals surface area contributed by atoms with Gasteiger partial charge in [0.25, 0.3) is 0 Å². The molecule has 0 atom stereocenters. The third-order valence-corrected chi connectivity index (χ3v) is 5.03. The number of carboxylic acid groups (broad SMARTS) is 1. The van der Waals surface area contributed by atoms with Crippen molar-refractivity contribution < 1.29 is 14.6 Å². The number of nitrogens with zero attached hydrogens (tertiary/aromatic N) is 2. The van der Waals surface area contributed by atoms with Crippen LogP contribution in [0.15, 0.2) is 48.5 Å². The molecule has 0 unspecified atom stereocenters. The Labute approximate surface area is 189 Å². The van der Waals surface area contributed by atoms with E-state index in [4.69, 9.17) is 21.4 Å². The summed E-state index contributed by atoms with van der Waals surface area (Å²) in [5, 5.41) is 9.32. The van der Waals surface area contributed by atoms with E-state index in [9.17, 15) is 4.79 Å². The fourth-order valence-corrected chi connectivity index (χ4v) is 3.35. The van der Waals surface area contributed by atoms with Gasteiger partial charge < -0.3 is 9.84 Å². The van der Waals surface area contributed by atoms with Crippen molar-refractivity contribution in [1.82, 2.24) is 9.80 Å². The Morgan fingerprint density at radius 1 is 0.897 bits per heavy atom. The van der Waals surface area contributed by atoms with E-state index in [1.54, 1.807) is 0 Å². The maximum absolute atomic E-state index is 10.4. The average Bonchev–Trinajstić information content (AvgIpc) is 2.68. The highest BCUT2D eigenvalue weighted by Crippen LogP contribution is 2.22. The van der Waals surface area contributed by atoms with Crippen molar-refractivity contribution in [3.8, 4) is 11.1 Å².